The Morgan fingerprint density at radius 2 is 1.97 bits per heavy atom. The Bertz CT molecular complexity index is 949. The maximum absolute atomic E-state index is 12.4. The minimum Gasteiger partial charge on any atom is -0.462 e. The van der Waals surface area contributed by atoms with Gasteiger partial charge >= 0.3 is 5.97 Å². The molecule has 3 unspecified atom stereocenters. The molecule has 3 nitrogen and oxygen atoms in total. The van der Waals surface area contributed by atoms with Crippen LogP contribution >= 0.6 is 0 Å². The van der Waals surface area contributed by atoms with Gasteiger partial charge in [0.15, 0.2) is 0 Å². The average Bonchev–Trinajstić information content (AvgIpc) is 3.17. The van der Waals surface area contributed by atoms with Crippen LogP contribution in [0.2, 0.25) is 0 Å². The first-order valence-corrected chi connectivity index (χ1v) is 13.3. The lowest BCUT2D eigenvalue weighted by atomic mass is 9.47. The number of pyridine rings is 1. The molecule has 3 heteroatoms. The van der Waals surface area contributed by atoms with Gasteiger partial charge in [-0.2, -0.15) is 0 Å². The number of hydrogen-bond acceptors (Lipinski definition) is 3. The van der Waals surface area contributed by atoms with Gasteiger partial charge in [0.1, 0.15) is 6.10 Å². The minimum absolute atomic E-state index is 0.000586. The molecule has 33 heavy (non-hydrogen) atoms. The molecule has 1 heterocycles. The van der Waals surface area contributed by atoms with E-state index in [0.29, 0.717) is 12.3 Å². The van der Waals surface area contributed by atoms with E-state index in [9.17, 15) is 4.79 Å². The SMILES string of the molecule is CC[C@H](C)CC(=O)O[C@H]1CC[C@@]2(C)C(=CCC3C2CC[C@]2(C)C(c4cccnc4)=CCC32)C1. The highest BCUT2D eigenvalue weighted by Crippen LogP contribution is 2.66. The minimum atomic E-state index is 0.000586. The van der Waals surface area contributed by atoms with Crippen LogP contribution in [0.3, 0.4) is 0 Å². The van der Waals surface area contributed by atoms with Crippen LogP contribution in [0, 0.1) is 34.5 Å². The third-order valence-electron chi connectivity index (χ3n) is 10.1. The fraction of sp³-hybridized carbons (Fsp3) is 0.667. The molecule has 7 atom stereocenters. The topological polar surface area (TPSA) is 39.2 Å². The lowest BCUT2D eigenvalue weighted by Crippen LogP contribution is -2.50. The number of esters is 1. The molecule has 0 amide bonds. The Hall–Kier alpha value is -1.90. The normalized spacial score (nSPS) is 38.3. The summed E-state index contributed by atoms with van der Waals surface area (Å²) in [6, 6.07) is 4.31. The number of fused-ring (bicyclic) bond motifs is 5. The number of hydrogen-bond donors (Lipinski definition) is 0. The zero-order chi connectivity index (χ0) is 23.2. The van der Waals surface area contributed by atoms with Crippen molar-refractivity contribution in [3.63, 3.8) is 0 Å². The maximum Gasteiger partial charge on any atom is 0.306 e. The Labute approximate surface area is 200 Å². The van der Waals surface area contributed by atoms with Crippen LogP contribution in [0.25, 0.3) is 5.57 Å². The van der Waals surface area contributed by atoms with Gasteiger partial charge in [-0.1, -0.05) is 57.9 Å². The smallest absolute Gasteiger partial charge is 0.306 e. The number of ether oxygens (including phenoxy) is 1. The fourth-order valence-corrected chi connectivity index (χ4v) is 7.93. The van der Waals surface area contributed by atoms with Crippen LogP contribution in [0.1, 0.15) is 91.0 Å². The highest BCUT2D eigenvalue weighted by atomic mass is 16.5. The quantitative estimate of drug-likeness (QED) is 0.349. The molecule has 1 aromatic rings. The Balaban J connectivity index is 1.31. The largest absolute Gasteiger partial charge is 0.462 e. The molecule has 0 bridgehead atoms. The van der Waals surface area contributed by atoms with E-state index in [1.165, 1.54) is 36.8 Å². The van der Waals surface area contributed by atoms with E-state index in [-0.39, 0.29) is 22.9 Å². The van der Waals surface area contributed by atoms with Crippen molar-refractivity contribution in [3.05, 3.63) is 47.8 Å². The van der Waals surface area contributed by atoms with E-state index in [1.54, 1.807) is 5.57 Å². The summed E-state index contributed by atoms with van der Waals surface area (Å²) in [6.07, 6.45) is 18.8. The maximum atomic E-state index is 12.4. The molecule has 0 aromatic carbocycles. The van der Waals surface area contributed by atoms with E-state index < -0.39 is 0 Å². The summed E-state index contributed by atoms with van der Waals surface area (Å²) in [5, 5.41) is 0. The molecule has 0 spiro atoms. The second kappa shape index (κ2) is 8.71. The van der Waals surface area contributed by atoms with E-state index >= 15 is 0 Å². The molecule has 4 aliphatic carbocycles. The van der Waals surface area contributed by atoms with Gasteiger partial charge < -0.3 is 4.74 Å². The van der Waals surface area contributed by atoms with Crippen LogP contribution in [0.15, 0.2) is 42.3 Å². The summed E-state index contributed by atoms with van der Waals surface area (Å²) in [4.78, 5) is 16.8. The van der Waals surface area contributed by atoms with Crippen molar-refractivity contribution in [3.8, 4) is 0 Å². The van der Waals surface area contributed by atoms with E-state index in [2.05, 4.69) is 63.2 Å². The molecule has 2 fully saturated rings. The Morgan fingerprint density at radius 3 is 2.73 bits per heavy atom. The standard InChI is InChI=1S/C30H41NO2/c1-5-20(2)17-28(32)33-23-12-14-29(3)22(18-23)8-9-24-26-11-10-25(21-7-6-16-31-19-21)30(26,4)15-13-27(24)29/h6-8,10,16,19-20,23-24,26-27H,5,9,11-15,17-18H2,1-4H3/t20-,23-,24?,26?,27?,29-,30+/m0/s1. The van der Waals surface area contributed by atoms with E-state index in [0.717, 1.165) is 43.4 Å². The van der Waals surface area contributed by atoms with Crippen molar-refractivity contribution in [1.29, 1.82) is 0 Å². The molecular weight excluding hydrogens is 406 g/mol. The zero-order valence-electron chi connectivity index (χ0n) is 21.0. The first-order chi connectivity index (χ1) is 15.8. The van der Waals surface area contributed by atoms with Gasteiger partial charge in [-0.3, -0.25) is 9.78 Å². The number of aromatic nitrogens is 1. The van der Waals surface area contributed by atoms with Crippen molar-refractivity contribution in [1.82, 2.24) is 4.98 Å². The van der Waals surface area contributed by atoms with Gasteiger partial charge in [0.05, 0.1) is 0 Å². The number of nitrogens with zero attached hydrogens (tertiary/aromatic N) is 1. The Kier molecular flexibility index (Phi) is 6.04. The number of rotatable bonds is 5. The molecule has 1 aromatic heterocycles. The summed E-state index contributed by atoms with van der Waals surface area (Å²) in [6.45, 7) is 9.33. The molecule has 2 saturated carbocycles. The van der Waals surface area contributed by atoms with Crippen molar-refractivity contribution in [2.75, 3.05) is 0 Å². The van der Waals surface area contributed by atoms with Crippen LogP contribution in [-0.4, -0.2) is 17.1 Å². The second-order valence-electron chi connectivity index (χ2n) is 11.9. The first kappa shape index (κ1) is 22.9. The molecule has 5 rings (SSSR count). The van der Waals surface area contributed by atoms with Crippen molar-refractivity contribution in [2.45, 2.75) is 91.6 Å². The molecule has 0 saturated heterocycles. The predicted octanol–water partition coefficient (Wildman–Crippen LogP) is 7.39. The number of allylic oxidation sites excluding steroid dienone is 3. The van der Waals surface area contributed by atoms with E-state index in [4.69, 9.17) is 4.74 Å². The van der Waals surface area contributed by atoms with Gasteiger partial charge in [0.25, 0.3) is 0 Å². The molecule has 178 valence electrons. The van der Waals surface area contributed by atoms with Crippen LogP contribution in [0.4, 0.5) is 0 Å². The summed E-state index contributed by atoms with van der Waals surface area (Å²) < 4.78 is 5.95. The van der Waals surface area contributed by atoms with Crippen molar-refractivity contribution in [2.24, 2.45) is 34.5 Å². The molecule has 0 aliphatic heterocycles. The molecule has 0 radical (unpaired) electrons. The van der Waals surface area contributed by atoms with Gasteiger partial charge in [-0.05, 0) is 90.2 Å². The molecule has 0 N–H and O–H groups in total. The summed E-state index contributed by atoms with van der Waals surface area (Å²) >= 11 is 0. The molecule has 4 aliphatic rings. The Morgan fingerprint density at radius 1 is 1.15 bits per heavy atom. The van der Waals surface area contributed by atoms with Crippen molar-refractivity contribution >= 4 is 11.5 Å². The zero-order valence-corrected chi connectivity index (χ0v) is 21.0. The highest BCUT2D eigenvalue weighted by molar-refractivity contribution is 5.72. The predicted molar refractivity (Wildman–Crippen MR) is 133 cm³/mol. The lowest BCUT2D eigenvalue weighted by molar-refractivity contribution is -0.152. The summed E-state index contributed by atoms with van der Waals surface area (Å²) in [5.74, 6) is 2.66. The summed E-state index contributed by atoms with van der Waals surface area (Å²) in [5.41, 5.74) is 4.99. The first-order valence-electron chi connectivity index (χ1n) is 13.3. The third kappa shape index (κ3) is 3.90. The average molecular weight is 448 g/mol. The third-order valence-corrected chi connectivity index (χ3v) is 10.1. The number of carbonyl (C=O) groups excluding carboxylic acids is 1. The van der Waals surface area contributed by atoms with E-state index in [1.807, 2.05) is 6.20 Å². The van der Waals surface area contributed by atoms with Gasteiger partial charge in [0, 0.05) is 25.2 Å². The summed E-state index contributed by atoms with van der Waals surface area (Å²) in [7, 11) is 0. The fourth-order valence-electron chi connectivity index (χ4n) is 7.93. The molecular formula is C30H41NO2. The second-order valence-corrected chi connectivity index (χ2v) is 11.9. The highest BCUT2D eigenvalue weighted by Gasteiger charge is 2.57. The van der Waals surface area contributed by atoms with Gasteiger partial charge in [-0.15, -0.1) is 0 Å². The van der Waals surface area contributed by atoms with Crippen LogP contribution < -0.4 is 0 Å². The van der Waals surface area contributed by atoms with Gasteiger partial charge in [0.2, 0.25) is 0 Å². The van der Waals surface area contributed by atoms with Crippen molar-refractivity contribution < 1.29 is 9.53 Å². The van der Waals surface area contributed by atoms with Crippen LogP contribution in [-0.2, 0) is 9.53 Å². The monoisotopic (exact) mass is 447 g/mol. The lowest BCUT2D eigenvalue weighted by Gasteiger charge is -2.57. The van der Waals surface area contributed by atoms with Gasteiger partial charge in [-0.25, -0.2) is 0 Å². The number of carbonyl (C=O) groups is 1. The van der Waals surface area contributed by atoms with Crippen LogP contribution in [0.5, 0.6) is 0 Å².